The number of nitrogens with one attached hydrogen (secondary N) is 2. The van der Waals surface area contributed by atoms with Gasteiger partial charge in [-0.1, -0.05) is 36.4 Å². The summed E-state index contributed by atoms with van der Waals surface area (Å²) in [5.74, 6) is 0. The second-order valence-corrected chi connectivity index (χ2v) is 5.63. The highest BCUT2D eigenvalue weighted by atomic mass is 32.1. The zero-order chi connectivity index (χ0) is 14.2. The van der Waals surface area contributed by atoms with Gasteiger partial charge in [0.2, 0.25) is 0 Å². The molecule has 20 heavy (non-hydrogen) atoms. The number of rotatable bonds is 5. The van der Waals surface area contributed by atoms with Gasteiger partial charge in [0.25, 0.3) is 0 Å². The quantitative estimate of drug-likeness (QED) is 0.506. The van der Waals surface area contributed by atoms with Crippen LogP contribution in [0.4, 0.5) is 0 Å². The molecule has 0 saturated heterocycles. The van der Waals surface area contributed by atoms with Crippen molar-refractivity contribution < 1.29 is 0 Å². The Bertz CT molecular complexity index is 562. The number of benzene rings is 1. The average molecular weight is 303 g/mol. The smallest absolute Gasteiger partial charge is 0.186 e. The third kappa shape index (κ3) is 4.75. The predicted molar refractivity (Wildman–Crippen MR) is 90.4 cm³/mol. The lowest BCUT2D eigenvalue weighted by Gasteiger charge is -2.07. The van der Waals surface area contributed by atoms with Gasteiger partial charge in [-0.15, -0.1) is 11.3 Å². The Morgan fingerprint density at radius 2 is 2.00 bits per heavy atom. The first-order valence-electron chi connectivity index (χ1n) is 6.41. The Morgan fingerprint density at radius 3 is 2.70 bits per heavy atom. The summed E-state index contributed by atoms with van der Waals surface area (Å²) in [7, 11) is 0. The molecule has 0 radical (unpaired) electrons. The number of hydrazone groups is 1. The fourth-order valence-electron chi connectivity index (χ4n) is 1.68. The molecule has 0 amide bonds. The third-order valence-electron chi connectivity index (χ3n) is 2.74. The molecule has 0 spiro atoms. The minimum atomic E-state index is 0.553. The van der Waals surface area contributed by atoms with E-state index in [0.717, 1.165) is 23.6 Å². The molecule has 2 aromatic rings. The van der Waals surface area contributed by atoms with Crippen molar-refractivity contribution in [2.45, 2.75) is 13.3 Å². The summed E-state index contributed by atoms with van der Waals surface area (Å²) in [4.78, 5) is 1.14. The normalized spacial score (nSPS) is 11.2. The van der Waals surface area contributed by atoms with Gasteiger partial charge in [-0.25, -0.2) is 0 Å². The summed E-state index contributed by atoms with van der Waals surface area (Å²) in [5.41, 5.74) is 5.10. The van der Waals surface area contributed by atoms with E-state index in [1.165, 1.54) is 5.56 Å². The van der Waals surface area contributed by atoms with Gasteiger partial charge in [0.1, 0.15) is 0 Å². The van der Waals surface area contributed by atoms with Gasteiger partial charge in [-0.05, 0) is 42.6 Å². The molecule has 0 bridgehead atoms. The van der Waals surface area contributed by atoms with Gasteiger partial charge < -0.3 is 5.32 Å². The van der Waals surface area contributed by atoms with Crippen LogP contribution in [0.25, 0.3) is 0 Å². The van der Waals surface area contributed by atoms with E-state index in [1.54, 1.807) is 11.3 Å². The molecule has 2 N–H and O–H groups in total. The van der Waals surface area contributed by atoms with Crippen LogP contribution in [0, 0.1) is 0 Å². The maximum absolute atomic E-state index is 5.19. The molecule has 1 aromatic carbocycles. The Hall–Kier alpha value is -1.72. The van der Waals surface area contributed by atoms with Crippen LogP contribution >= 0.6 is 23.6 Å². The first kappa shape index (κ1) is 14.7. The van der Waals surface area contributed by atoms with Crippen LogP contribution in [0.15, 0.2) is 52.9 Å². The molecule has 2 rings (SSSR count). The van der Waals surface area contributed by atoms with Crippen molar-refractivity contribution in [1.29, 1.82) is 0 Å². The van der Waals surface area contributed by atoms with Gasteiger partial charge >= 0.3 is 0 Å². The van der Waals surface area contributed by atoms with Crippen LogP contribution < -0.4 is 10.7 Å². The standard InChI is InChI=1S/C15H17N3S2/c1-12(14-8-5-11-20-14)17-18-15(19)16-10-9-13-6-3-2-4-7-13/h2-8,11H,9-10H2,1H3,(H2,16,18,19)/b17-12+. The molecule has 0 unspecified atom stereocenters. The topological polar surface area (TPSA) is 36.4 Å². The molecule has 1 heterocycles. The van der Waals surface area contributed by atoms with E-state index in [9.17, 15) is 0 Å². The SMILES string of the molecule is C/C(=N\NC(=S)NCCc1ccccc1)c1cccs1. The molecule has 0 atom stereocenters. The zero-order valence-corrected chi connectivity index (χ0v) is 12.9. The average Bonchev–Trinajstić information content (AvgIpc) is 3.00. The first-order valence-corrected chi connectivity index (χ1v) is 7.70. The second kappa shape index (κ2) is 7.77. The van der Waals surface area contributed by atoms with Crippen LogP contribution in [-0.2, 0) is 6.42 Å². The Morgan fingerprint density at radius 1 is 1.20 bits per heavy atom. The number of thiocarbonyl (C=S) groups is 1. The fraction of sp³-hybridized carbons (Fsp3) is 0.200. The maximum Gasteiger partial charge on any atom is 0.186 e. The van der Waals surface area contributed by atoms with Crippen molar-refractivity contribution in [2.75, 3.05) is 6.54 Å². The number of thiophene rings is 1. The van der Waals surface area contributed by atoms with Crippen molar-refractivity contribution in [3.05, 3.63) is 58.3 Å². The molecule has 3 nitrogen and oxygen atoms in total. The third-order valence-corrected chi connectivity index (χ3v) is 3.96. The Labute approximate surface area is 128 Å². The first-order chi connectivity index (χ1) is 9.75. The molecular formula is C15H17N3S2. The minimum Gasteiger partial charge on any atom is -0.361 e. The van der Waals surface area contributed by atoms with Gasteiger partial charge in [-0.3, -0.25) is 5.43 Å². The highest BCUT2D eigenvalue weighted by Gasteiger charge is 1.99. The second-order valence-electron chi connectivity index (χ2n) is 4.28. The molecule has 1 aromatic heterocycles. The number of nitrogens with zero attached hydrogens (tertiary/aromatic N) is 1. The van der Waals surface area contributed by atoms with Crippen molar-refractivity contribution in [3.8, 4) is 0 Å². The summed E-state index contributed by atoms with van der Waals surface area (Å²) >= 11 is 6.85. The lowest BCUT2D eigenvalue weighted by Crippen LogP contribution is -2.33. The minimum absolute atomic E-state index is 0.553. The summed E-state index contributed by atoms with van der Waals surface area (Å²) < 4.78 is 0. The number of hydrogen-bond acceptors (Lipinski definition) is 3. The molecule has 0 fully saturated rings. The summed E-state index contributed by atoms with van der Waals surface area (Å²) in [6.45, 7) is 2.76. The summed E-state index contributed by atoms with van der Waals surface area (Å²) in [5, 5.41) is 10.00. The maximum atomic E-state index is 5.19. The van der Waals surface area contributed by atoms with Crippen LogP contribution in [0.5, 0.6) is 0 Å². The lowest BCUT2D eigenvalue weighted by molar-refractivity contribution is 0.836. The van der Waals surface area contributed by atoms with Crippen molar-refractivity contribution in [1.82, 2.24) is 10.7 Å². The molecule has 5 heteroatoms. The fourth-order valence-corrected chi connectivity index (χ4v) is 2.50. The van der Waals surface area contributed by atoms with E-state index in [-0.39, 0.29) is 0 Å². The molecular weight excluding hydrogens is 286 g/mol. The molecule has 0 aliphatic heterocycles. The Kier molecular flexibility index (Phi) is 5.70. The highest BCUT2D eigenvalue weighted by molar-refractivity contribution is 7.80. The molecule has 104 valence electrons. The van der Waals surface area contributed by atoms with Gasteiger partial charge in [0, 0.05) is 11.4 Å². The van der Waals surface area contributed by atoms with Crippen LogP contribution in [-0.4, -0.2) is 17.4 Å². The van der Waals surface area contributed by atoms with Gasteiger partial charge in [0.15, 0.2) is 5.11 Å². The van der Waals surface area contributed by atoms with E-state index in [1.807, 2.05) is 42.6 Å². The van der Waals surface area contributed by atoms with E-state index < -0.39 is 0 Å². The van der Waals surface area contributed by atoms with E-state index in [4.69, 9.17) is 12.2 Å². The summed E-state index contributed by atoms with van der Waals surface area (Å²) in [6.07, 6.45) is 0.941. The zero-order valence-electron chi connectivity index (χ0n) is 11.3. The van der Waals surface area contributed by atoms with Crippen LogP contribution in [0.2, 0.25) is 0 Å². The largest absolute Gasteiger partial charge is 0.361 e. The Balaban J connectivity index is 1.72. The van der Waals surface area contributed by atoms with E-state index in [2.05, 4.69) is 28.0 Å². The monoisotopic (exact) mass is 303 g/mol. The number of hydrogen-bond donors (Lipinski definition) is 2. The highest BCUT2D eigenvalue weighted by Crippen LogP contribution is 2.09. The summed E-state index contributed by atoms with van der Waals surface area (Å²) in [6, 6.07) is 14.4. The van der Waals surface area contributed by atoms with E-state index >= 15 is 0 Å². The van der Waals surface area contributed by atoms with Crippen molar-refractivity contribution in [3.63, 3.8) is 0 Å². The predicted octanol–water partition coefficient (Wildman–Crippen LogP) is 3.18. The van der Waals surface area contributed by atoms with Crippen LogP contribution in [0.3, 0.4) is 0 Å². The van der Waals surface area contributed by atoms with Crippen molar-refractivity contribution in [2.24, 2.45) is 5.10 Å². The lowest BCUT2D eigenvalue weighted by atomic mass is 10.1. The van der Waals surface area contributed by atoms with Crippen LogP contribution in [0.1, 0.15) is 17.4 Å². The molecule has 0 aliphatic carbocycles. The van der Waals surface area contributed by atoms with Gasteiger partial charge in [-0.2, -0.15) is 5.10 Å². The molecule has 0 saturated carbocycles. The van der Waals surface area contributed by atoms with E-state index in [0.29, 0.717) is 5.11 Å². The van der Waals surface area contributed by atoms with Gasteiger partial charge in [0.05, 0.1) is 5.71 Å². The molecule has 0 aliphatic rings. The van der Waals surface area contributed by atoms with Crippen molar-refractivity contribution >= 4 is 34.4 Å².